The third-order valence-electron chi connectivity index (χ3n) is 2.74. The molecule has 1 heterocycles. The van der Waals surface area contributed by atoms with Gasteiger partial charge in [0, 0.05) is 38.3 Å². The van der Waals surface area contributed by atoms with Gasteiger partial charge in [0.2, 0.25) is 0 Å². The van der Waals surface area contributed by atoms with Gasteiger partial charge in [0.1, 0.15) is 10.0 Å². The van der Waals surface area contributed by atoms with Crippen molar-refractivity contribution in [3.63, 3.8) is 0 Å². The van der Waals surface area contributed by atoms with Crippen molar-refractivity contribution in [3.8, 4) is 0 Å². The second kappa shape index (κ2) is 7.55. The summed E-state index contributed by atoms with van der Waals surface area (Å²) >= 11 is 7.28. The summed E-state index contributed by atoms with van der Waals surface area (Å²) in [6.45, 7) is 3.05. The standard InChI is InChI=1S/C13H16ClN3OS/c1-18-8-7-17(9-11-5-3-2-4-6-11)10-12-13(14)19-16-15-12/h2-6H,7-10H2,1H3. The Balaban J connectivity index is 2.01. The maximum Gasteiger partial charge on any atom is 0.138 e. The number of nitrogens with zero attached hydrogens (tertiary/aromatic N) is 3. The van der Waals surface area contributed by atoms with Gasteiger partial charge in [-0.1, -0.05) is 46.4 Å². The number of aromatic nitrogens is 2. The number of hydrogen-bond donors (Lipinski definition) is 0. The van der Waals surface area contributed by atoms with Crippen LogP contribution in [0.1, 0.15) is 11.3 Å². The van der Waals surface area contributed by atoms with Gasteiger partial charge in [0.25, 0.3) is 0 Å². The lowest BCUT2D eigenvalue weighted by molar-refractivity contribution is 0.139. The third-order valence-corrected chi connectivity index (χ3v) is 3.73. The first-order valence-corrected chi connectivity index (χ1v) is 7.16. The molecule has 0 unspecified atom stereocenters. The Morgan fingerprint density at radius 1 is 1.26 bits per heavy atom. The van der Waals surface area contributed by atoms with E-state index in [1.807, 2.05) is 18.2 Å². The lowest BCUT2D eigenvalue weighted by atomic mass is 10.2. The molecule has 0 bridgehead atoms. The van der Waals surface area contributed by atoms with Crippen molar-refractivity contribution in [1.82, 2.24) is 14.5 Å². The van der Waals surface area contributed by atoms with E-state index in [1.165, 1.54) is 17.1 Å². The van der Waals surface area contributed by atoms with Crippen molar-refractivity contribution in [2.45, 2.75) is 13.1 Å². The van der Waals surface area contributed by atoms with E-state index in [0.29, 0.717) is 17.5 Å². The van der Waals surface area contributed by atoms with Crippen molar-refractivity contribution >= 4 is 23.1 Å². The number of benzene rings is 1. The number of methoxy groups -OCH3 is 1. The maximum absolute atomic E-state index is 6.06. The highest BCUT2D eigenvalue weighted by Gasteiger charge is 2.12. The topological polar surface area (TPSA) is 38.2 Å². The Labute approximate surface area is 122 Å². The highest BCUT2D eigenvalue weighted by atomic mass is 35.5. The van der Waals surface area contributed by atoms with Crippen LogP contribution < -0.4 is 0 Å². The molecule has 1 aromatic heterocycles. The van der Waals surface area contributed by atoms with Gasteiger partial charge in [-0.25, -0.2) is 0 Å². The Kier molecular flexibility index (Phi) is 5.72. The van der Waals surface area contributed by atoms with E-state index in [4.69, 9.17) is 16.3 Å². The molecule has 6 heteroatoms. The minimum Gasteiger partial charge on any atom is -0.383 e. The smallest absolute Gasteiger partial charge is 0.138 e. The fourth-order valence-electron chi connectivity index (χ4n) is 1.78. The quantitative estimate of drug-likeness (QED) is 0.788. The monoisotopic (exact) mass is 297 g/mol. The van der Waals surface area contributed by atoms with Crippen molar-refractivity contribution in [3.05, 3.63) is 45.9 Å². The molecule has 0 saturated heterocycles. The van der Waals surface area contributed by atoms with Crippen molar-refractivity contribution < 1.29 is 4.74 Å². The first-order chi connectivity index (χ1) is 9.29. The van der Waals surface area contributed by atoms with Crippen LogP contribution >= 0.6 is 23.1 Å². The Morgan fingerprint density at radius 2 is 2.05 bits per heavy atom. The highest BCUT2D eigenvalue weighted by Crippen LogP contribution is 2.19. The molecule has 2 rings (SSSR count). The van der Waals surface area contributed by atoms with E-state index in [0.717, 1.165) is 18.8 Å². The molecular formula is C13H16ClN3OS. The molecule has 0 aliphatic heterocycles. The van der Waals surface area contributed by atoms with E-state index in [2.05, 4.69) is 26.6 Å². The van der Waals surface area contributed by atoms with E-state index in [-0.39, 0.29) is 0 Å². The Hall–Kier alpha value is -1.01. The van der Waals surface area contributed by atoms with Gasteiger partial charge in [0.15, 0.2) is 0 Å². The Bertz CT molecular complexity index is 492. The summed E-state index contributed by atoms with van der Waals surface area (Å²) < 4.78 is 9.68. The first kappa shape index (κ1) is 14.4. The molecule has 0 fully saturated rings. The van der Waals surface area contributed by atoms with Gasteiger partial charge in [-0.15, -0.1) is 5.10 Å². The fourth-order valence-corrected chi connectivity index (χ4v) is 2.39. The minimum atomic E-state index is 0.662. The number of hydrogen-bond acceptors (Lipinski definition) is 5. The van der Waals surface area contributed by atoms with Crippen LogP contribution in [0.5, 0.6) is 0 Å². The number of rotatable bonds is 7. The van der Waals surface area contributed by atoms with Crippen LogP contribution in [0.15, 0.2) is 30.3 Å². The predicted octanol–water partition coefficient (Wildman–Crippen LogP) is 2.84. The van der Waals surface area contributed by atoms with E-state index in [9.17, 15) is 0 Å². The molecule has 1 aromatic carbocycles. The third kappa shape index (κ3) is 4.54. The summed E-state index contributed by atoms with van der Waals surface area (Å²) in [5, 5.41) is 4.06. The highest BCUT2D eigenvalue weighted by molar-refractivity contribution is 7.10. The zero-order chi connectivity index (χ0) is 13.5. The van der Waals surface area contributed by atoms with Crippen LogP contribution in [-0.2, 0) is 17.8 Å². The maximum atomic E-state index is 6.06. The summed E-state index contributed by atoms with van der Waals surface area (Å²) in [5.74, 6) is 0. The molecule has 0 aliphatic rings. The molecule has 0 aliphatic carbocycles. The zero-order valence-corrected chi connectivity index (χ0v) is 12.3. The lowest BCUT2D eigenvalue weighted by Gasteiger charge is -2.21. The molecule has 0 radical (unpaired) electrons. The molecule has 0 atom stereocenters. The zero-order valence-electron chi connectivity index (χ0n) is 10.8. The summed E-state index contributed by atoms with van der Waals surface area (Å²) in [7, 11) is 1.71. The van der Waals surface area contributed by atoms with E-state index >= 15 is 0 Å². The van der Waals surface area contributed by atoms with Crippen molar-refractivity contribution in [2.75, 3.05) is 20.3 Å². The molecule has 0 spiro atoms. The Morgan fingerprint density at radius 3 is 2.68 bits per heavy atom. The van der Waals surface area contributed by atoms with Gasteiger partial charge in [0.05, 0.1) is 6.61 Å². The molecule has 102 valence electrons. The van der Waals surface area contributed by atoms with Gasteiger partial charge >= 0.3 is 0 Å². The molecule has 4 nitrogen and oxygen atoms in total. The SMILES string of the molecule is COCCN(Cc1ccccc1)Cc1nnsc1Cl. The van der Waals surface area contributed by atoms with Gasteiger partial charge < -0.3 is 4.74 Å². The average molecular weight is 298 g/mol. The second-order valence-electron chi connectivity index (χ2n) is 4.18. The molecular weight excluding hydrogens is 282 g/mol. The van der Waals surface area contributed by atoms with Crippen LogP contribution in [0.25, 0.3) is 0 Å². The van der Waals surface area contributed by atoms with Crippen LogP contribution in [0.2, 0.25) is 4.34 Å². The number of ether oxygens (including phenoxy) is 1. The van der Waals surface area contributed by atoms with Gasteiger partial charge in [-0.05, 0) is 5.56 Å². The molecule has 19 heavy (non-hydrogen) atoms. The largest absolute Gasteiger partial charge is 0.383 e. The predicted molar refractivity (Wildman–Crippen MR) is 77.4 cm³/mol. The van der Waals surface area contributed by atoms with Gasteiger partial charge in [-0.3, -0.25) is 4.90 Å². The van der Waals surface area contributed by atoms with E-state index < -0.39 is 0 Å². The van der Waals surface area contributed by atoms with Crippen LogP contribution in [-0.4, -0.2) is 34.7 Å². The molecule has 0 amide bonds. The fraction of sp³-hybridized carbons (Fsp3) is 0.385. The van der Waals surface area contributed by atoms with Crippen molar-refractivity contribution in [2.24, 2.45) is 0 Å². The van der Waals surface area contributed by atoms with Crippen LogP contribution in [0.4, 0.5) is 0 Å². The summed E-state index contributed by atoms with van der Waals surface area (Å²) in [6.07, 6.45) is 0. The normalized spacial score (nSPS) is 11.1. The summed E-state index contributed by atoms with van der Waals surface area (Å²) in [6, 6.07) is 10.3. The van der Waals surface area contributed by atoms with Crippen molar-refractivity contribution in [1.29, 1.82) is 0 Å². The summed E-state index contributed by atoms with van der Waals surface area (Å²) in [4.78, 5) is 2.25. The average Bonchev–Trinajstić information content (AvgIpc) is 2.83. The van der Waals surface area contributed by atoms with Crippen LogP contribution in [0, 0.1) is 0 Å². The first-order valence-electron chi connectivity index (χ1n) is 6.01. The lowest BCUT2D eigenvalue weighted by Crippen LogP contribution is -2.27. The summed E-state index contributed by atoms with van der Waals surface area (Å²) in [5.41, 5.74) is 2.09. The molecule has 0 saturated carbocycles. The van der Waals surface area contributed by atoms with Crippen LogP contribution in [0.3, 0.4) is 0 Å². The number of halogens is 1. The van der Waals surface area contributed by atoms with Gasteiger partial charge in [-0.2, -0.15) is 0 Å². The second-order valence-corrected chi connectivity index (χ2v) is 5.54. The molecule has 2 aromatic rings. The van der Waals surface area contributed by atoms with E-state index in [1.54, 1.807) is 7.11 Å². The molecule has 0 N–H and O–H groups in total. The minimum absolute atomic E-state index is 0.662.